The van der Waals surface area contributed by atoms with E-state index in [1.54, 1.807) is 17.9 Å². The number of piperidine rings is 1. The topological polar surface area (TPSA) is 66.8 Å². The number of halogens is 1. The quantitative estimate of drug-likeness (QED) is 0.920. The van der Waals surface area contributed by atoms with Gasteiger partial charge in [-0.1, -0.05) is 0 Å². The van der Waals surface area contributed by atoms with E-state index < -0.39 is 11.8 Å². The van der Waals surface area contributed by atoms with E-state index in [1.807, 2.05) is 0 Å². The molecule has 1 aliphatic heterocycles. The highest BCUT2D eigenvalue weighted by atomic mass is 19.1. The highest BCUT2D eigenvalue weighted by molar-refractivity contribution is 5.94. The van der Waals surface area contributed by atoms with Crippen LogP contribution in [0.2, 0.25) is 0 Å². The predicted octanol–water partition coefficient (Wildman–Crippen LogP) is 1.84. The van der Waals surface area contributed by atoms with E-state index >= 15 is 0 Å². The van der Waals surface area contributed by atoms with Gasteiger partial charge in [-0.3, -0.25) is 4.79 Å². The molecule has 1 amide bonds. The second-order valence-electron chi connectivity index (χ2n) is 5.21. The number of amides is 1. The van der Waals surface area contributed by atoms with Crippen molar-refractivity contribution in [2.45, 2.75) is 25.9 Å². The van der Waals surface area contributed by atoms with Crippen LogP contribution in [0.4, 0.5) is 4.39 Å². The van der Waals surface area contributed by atoms with Gasteiger partial charge in [0.2, 0.25) is 0 Å². The summed E-state index contributed by atoms with van der Waals surface area (Å²) in [4.78, 5) is 24.4. The lowest BCUT2D eigenvalue weighted by atomic mass is 10.1. The van der Waals surface area contributed by atoms with Crippen LogP contribution in [-0.4, -0.2) is 47.7 Å². The fourth-order valence-electron chi connectivity index (χ4n) is 2.46. The van der Waals surface area contributed by atoms with E-state index in [4.69, 9.17) is 9.84 Å². The Labute approximate surface area is 122 Å². The number of aryl methyl sites for hydroxylation is 1. The van der Waals surface area contributed by atoms with Gasteiger partial charge in [-0.15, -0.1) is 0 Å². The molecule has 2 rings (SSSR count). The smallest absolute Gasteiger partial charge is 0.329 e. The molecule has 0 radical (unpaired) electrons. The Kier molecular flexibility index (Phi) is 4.90. The minimum atomic E-state index is -0.997. The molecule has 114 valence electrons. The molecule has 6 heteroatoms. The maximum Gasteiger partial charge on any atom is 0.329 e. The van der Waals surface area contributed by atoms with E-state index in [9.17, 15) is 14.0 Å². The number of likely N-dealkylation sites (tertiary alicyclic amines) is 1. The SMILES string of the molecule is Cc1cc(F)cc(C(=O)N2CCC(OCC(=O)O)CC2)c1. The molecule has 1 aromatic rings. The van der Waals surface area contributed by atoms with Crippen LogP contribution in [0.1, 0.15) is 28.8 Å². The molecule has 1 fully saturated rings. The van der Waals surface area contributed by atoms with Gasteiger partial charge < -0.3 is 14.7 Å². The lowest BCUT2D eigenvalue weighted by molar-refractivity contribution is -0.145. The molecular weight excluding hydrogens is 277 g/mol. The minimum Gasteiger partial charge on any atom is -0.480 e. The molecule has 1 aromatic carbocycles. The number of benzene rings is 1. The third-order valence-electron chi connectivity index (χ3n) is 3.46. The first-order chi connectivity index (χ1) is 9.95. The zero-order valence-corrected chi connectivity index (χ0v) is 11.8. The summed E-state index contributed by atoms with van der Waals surface area (Å²) >= 11 is 0. The highest BCUT2D eigenvalue weighted by Crippen LogP contribution is 2.17. The van der Waals surface area contributed by atoms with Crippen molar-refractivity contribution in [1.29, 1.82) is 0 Å². The Morgan fingerprint density at radius 1 is 1.33 bits per heavy atom. The summed E-state index contributed by atoms with van der Waals surface area (Å²) < 4.78 is 18.6. The Morgan fingerprint density at radius 3 is 2.57 bits per heavy atom. The van der Waals surface area contributed by atoms with Gasteiger partial charge in [0.25, 0.3) is 5.91 Å². The van der Waals surface area contributed by atoms with E-state index in [1.165, 1.54) is 12.1 Å². The van der Waals surface area contributed by atoms with Gasteiger partial charge in [-0.2, -0.15) is 0 Å². The Morgan fingerprint density at radius 2 is 2.00 bits per heavy atom. The zero-order valence-electron chi connectivity index (χ0n) is 11.8. The summed E-state index contributed by atoms with van der Waals surface area (Å²) in [6.07, 6.45) is 1.04. The van der Waals surface area contributed by atoms with Gasteiger partial charge in [-0.05, 0) is 43.5 Å². The first-order valence-electron chi connectivity index (χ1n) is 6.85. The standard InChI is InChI=1S/C15H18FNO4/c1-10-6-11(8-12(16)7-10)15(20)17-4-2-13(3-5-17)21-9-14(18)19/h6-8,13H,2-5,9H2,1H3,(H,18,19). The van der Waals surface area contributed by atoms with Crippen molar-refractivity contribution in [3.63, 3.8) is 0 Å². The molecule has 0 aliphatic carbocycles. The second-order valence-corrected chi connectivity index (χ2v) is 5.21. The van der Waals surface area contributed by atoms with E-state index in [-0.39, 0.29) is 18.6 Å². The van der Waals surface area contributed by atoms with Crippen molar-refractivity contribution < 1.29 is 23.8 Å². The number of carboxylic acid groups (broad SMARTS) is 1. The van der Waals surface area contributed by atoms with Crippen LogP contribution in [-0.2, 0) is 9.53 Å². The molecule has 0 atom stereocenters. The van der Waals surface area contributed by atoms with Crippen LogP contribution in [0.3, 0.4) is 0 Å². The summed E-state index contributed by atoms with van der Waals surface area (Å²) in [6.45, 7) is 2.39. The van der Waals surface area contributed by atoms with Crippen molar-refractivity contribution in [3.8, 4) is 0 Å². The van der Waals surface area contributed by atoms with Crippen molar-refractivity contribution in [2.24, 2.45) is 0 Å². The number of carbonyl (C=O) groups is 2. The van der Waals surface area contributed by atoms with Gasteiger partial charge in [0.1, 0.15) is 12.4 Å². The van der Waals surface area contributed by atoms with E-state index in [0.717, 1.165) is 0 Å². The molecule has 1 saturated heterocycles. The van der Waals surface area contributed by atoms with Crippen LogP contribution in [0.15, 0.2) is 18.2 Å². The molecule has 0 unspecified atom stereocenters. The maximum atomic E-state index is 13.3. The summed E-state index contributed by atoms with van der Waals surface area (Å²) in [5.41, 5.74) is 1.05. The number of aliphatic carboxylic acids is 1. The number of carbonyl (C=O) groups excluding carboxylic acids is 1. The fourth-order valence-corrected chi connectivity index (χ4v) is 2.46. The van der Waals surface area contributed by atoms with Crippen molar-refractivity contribution >= 4 is 11.9 Å². The minimum absolute atomic E-state index is 0.139. The maximum absolute atomic E-state index is 13.3. The molecule has 0 aromatic heterocycles. The lowest BCUT2D eigenvalue weighted by Crippen LogP contribution is -2.41. The van der Waals surface area contributed by atoms with Crippen molar-refractivity contribution in [2.75, 3.05) is 19.7 Å². The van der Waals surface area contributed by atoms with Gasteiger partial charge in [0.05, 0.1) is 6.10 Å². The summed E-state index contributed by atoms with van der Waals surface area (Å²) in [5.74, 6) is -1.61. The molecule has 0 saturated carbocycles. The summed E-state index contributed by atoms with van der Waals surface area (Å²) in [7, 11) is 0. The molecule has 1 N–H and O–H groups in total. The normalized spacial score (nSPS) is 16.0. The number of hydrogen-bond acceptors (Lipinski definition) is 3. The largest absolute Gasteiger partial charge is 0.480 e. The number of rotatable bonds is 4. The number of carboxylic acids is 1. The number of ether oxygens (including phenoxy) is 1. The van der Waals surface area contributed by atoms with Gasteiger partial charge in [0, 0.05) is 18.7 Å². The monoisotopic (exact) mass is 295 g/mol. The van der Waals surface area contributed by atoms with Crippen molar-refractivity contribution in [1.82, 2.24) is 4.90 Å². The van der Waals surface area contributed by atoms with Crippen LogP contribution in [0.25, 0.3) is 0 Å². The summed E-state index contributed by atoms with van der Waals surface area (Å²) in [5, 5.41) is 8.56. The van der Waals surface area contributed by atoms with Gasteiger partial charge in [0.15, 0.2) is 0 Å². The molecule has 1 aliphatic rings. The zero-order chi connectivity index (χ0) is 15.4. The first-order valence-corrected chi connectivity index (χ1v) is 6.85. The fraction of sp³-hybridized carbons (Fsp3) is 0.467. The highest BCUT2D eigenvalue weighted by Gasteiger charge is 2.24. The predicted molar refractivity (Wildman–Crippen MR) is 73.7 cm³/mol. The van der Waals surface area contributed by atoms with Crippen LogP contribution in [0, 0.1) is 12.7 Å². The average Bonchev–Trinajstić information content (AvgIpc) is 2.44. The number of hydrogen-bond donors (Lipinski definition) is 1. The average molecular weight is 295 g/mol. The molecule has 1 heterocycles. The van der Waals surface area contributed by atoms with E-state index in [2.05, 4.69) is 0 Å². The summed E-state index contributed by atoms with van der Waals surface area (Å²) in [6, 6.07) is 4.28. The van der Waals surface area contributed by atoms with Gasteiger partial charge in [-0.25, -0.2) is 9.18 Å². The molecular formula is C15H18FNO4. The Bertz CT molecular complexity index is 518. The molecule has 0 bridgehead atoms. The number of nitrogens with zero attached hydrogens (tertiary/aromatic N) is 1. The van der Waals surface area contributed by atoms with Gasteiger partial charge >= 0.3 is 5.97 Å². The first kappa shape index (κ1) is 15.4. The molecule has 0 spiro atoms. The van der Waals surface area contributed by atoms with Crippen LogP contribution < -0.4 is 0 Å². The molecule has 5 nitrogen and oxygen atoms in total. The van der Waals surface area contributed by atoms with Crippen molar-refractivity contribution in [3.05, 3.63) is 35.1 Å². The van der Waals surface area contributed by atoms with Crippen LogP contribution in [0.5, 0.6) is 0 Å². The second kappa shape index (κ2) is 6.67. The third-order valence-corrected chi connectivity index (χ3v) is 3.46. The molecule has 21 heavy (non-hydrogen) atoms. The Balaban J connectivity index is 1.92. The van der Waals surface area contributed by atoms with Crippen LogP contribution >= 0.6 is 0 Å². The third kappa shape index (κ3) is 4.26. The Hall–Kier alpha value is -1.95. The lowest BCUT2D eigenvalue weighted by Gasteiger charge is -2.31. The van der Waals surface area contributed by atoms with E-state index in [0.29, 0.717) is 37.1 Å².